The van der Waals surface area contributed by atoms with Gasteiger partial charge in [-0.2, -0.15) is 13.9 Å². The number of rotatable bonds is 3. The van der Waals surface area contributed by atoms with E-state index in [2.05, 4.69) is 5.10 Å². The molecule has 2 amide bonds. The van der Waals surface area contributed by atoms with E-state index in [1.54, 1.807) is 17.0 Å². The van der Waals surface area contributed by atoms with E-state index in [4.69, 9.17) is 4.42 Å². The zero-order valence-corrected chi connectivity index (χ0v) is 13.0. The number of aromatic nitrogens is 2. The highest BCUT2D eigenvalue weighted by atomic mass is 19.3. The summed E-state index contributed by atoms with van der Waals surface area (Å²) in [5, 5.41) is 3.66. The van der Waals surface area contributed by atoms with E-state index in [1.807, 2.05) is 0 Å². The molecule has 0 unspecified atom stereocenters. The van der Waals surface area contributed by atoms with Crippen LogP contribution in [0.1, 0.15) is 33.3 Å². The second kappa shape index (κ2) is 6.42. The zero-order valence-electron chi connectivity index (χ0n) is 13.0. The third kappa shape index (κ3) is 3.01. The Morgan fingerprint density at radius 3 is 2.29 bits per heavy atom. The SMILES string of the molecule is Cc1cc(C(=O)N2CCN(C(=O)c3ccco3)CC2)nn1C(F)F. The smallest absolute Gasteiger partial charge is 0.333 e. The Hall–Kier alpha value is -2.71. The van der Waals surface area contributed by atoms with Crippen LogP contribution in [0, 0.1) is 6.92 Å². The van der Waals surface area contributed by atoms with E-state index in [9.17, 15) is 18.4 Å². The summed E-state index contributed by atoms with van der Waals surface area (Å²) in [4.78, 5) is 27.6. The Labute approximate surface area is 136 Å². The molecule has 3 heterocycles. The van der Waals surface area contributed by atoms with E-state index < -0.39 is 12.5 Å². The fourth-order valence-corrected chi connectivity index (χ4v) is 2.62. The number of halogens is 2. The van der Waals surface area contributed by atoms with Crippen LogP contribution >= 0.6 is 0 Å². The van der Waals surface area contributed by atoms with Gasteiger partial charge in [0.25, 0.3) is 11.8 Å². The number of amides is 2. The maximum atomic E-state index is 12.7. The van der Waals surface area contributed by atoms with Gasteiger partial charge >= 0.3 is 6.55 Å². The van der Waals surface area contributed by atoms with Crippen LogP contribution in [-0.4, -0.2) is 57.6 Å². The molecule has 0 saturated carbocycles. The van der Waals surface area contributed by atoms with Crippen LogP contribution in [0.5, 0.6) is 0 Å². The van der Waals surface area contributed by atoms with Gasteiger partial charge in [0.1, 0.15) is 0 Å². The summed E-state index contributed by atoms with van der Waals surface area (Å²) >= 11 is 0. The number of hydrogen-bond acceptors (Lipinski definition) is 4. The standard InChI is InChI=1S/C15H16F2N4O3/c1-10-9-11(18-21(10)15(16)17)13(22)19-4-6-20(7-5-19)14(23)12-3-2-8-24-12/h2-3,8-9,15H,4-7H2,1H3. The fraction of sp³-hybridized carbons (Fsp3) is 0.400. The van der Waals surface area contributed by atoms with Crippen LogP contribution in [-0.2, 0) is 0 Å². The van der Waals surface area contributed by atoms with E-state index in [0.29, 0.717) is 30.9 Å². The lowest BCUT2D eigenvalue weighted by Crippen LogP contribution is -2.50. The molecule has 0 aromatic carbocycles. The first kappa shape index (κ1) is 16.2. The lowest BCUT2D eigenvalue weighted by molar-refractivity contribution is 0.0484. The average Bonchev–Trinajstić information content (AvgIpc) is 3.23. The van der Waals surface area contributed by atoms with E-state index in [-0.39, 0.29) is 23.1 Å². The normalized spacial score (nSPS) is 15.2. The van der Waals surface area contributed by atoms with Crippen molar-refractivity contribution in [3.8, 4) is 0 Å². The Bertz CT molecular complexity index is 734. The number of aryl methyl sites for hydroxylation is 1. The number of nitrogens with zero attached hydrogens (tertiary/aromatic N) is 4. The molecule has 0 atom stereocenters. The second-order valence-corrected chi connectivity index (χ2v) is 5.45. The molecule has 24 heavy (non-hydrogen) atoms. The molecule has 1 aliphatic heterocycles. The fourth-order valence-electron chi connectivity index (χ4n) is 2.62. The Morgan fingerprint density at radius 1 is 1.17 bits per heavy atom. The van der Waals surface area contributed by atoms with Crippen molar-refractivity contribution in [3.63, 3.8) is 0 Å². The van der Waals surface area contributed by atoms with Crippen molar-refractivity contribution < 1.29 is 22.8 Å². The molecule has 0 radical (unpaired) electrons. The molecular formula is C15H16F2N4O3. The van der Waals surface area contributed by atoms with Gasteiger partial charge in [-0.3, -0.25) is 9.59 Å². The average molecular weight is 338 g/mol. The van der Waals surface area contributed by atoms with Gasteiger partial charge in [-0.25, -0.2) is 4.68 Å². The van der Waals surface area contributed by atoms with E-state index >= 15 is 0 Å². The van der Waals surface area contributed by atoms with Crippen LogP contribution in [0.3, 0.4) is 0 Å². The van der Waals surface area contributed by atoms with Crippen molar-refractivity contribution in [3.05, 3.63) is 41.6 Å². The first-order chi connectivity index (χ1) is 11.5. The van der Waals surface area contributed by atoms with Crippen LogP contribution in [0.4, 0.5) is 8.78 Å². The second-order valence-electron chi connectivity index (χ2n) is 5.45. The third-order valence-corrected chi connectivity index (χ3v) is 3.91. The molecule has 0 spiro atoms. The monoisotopic (exact) mass is 338 g/mol. The predicted molar refractivity (Wildman–Crippen MR) is 78.7 cm³/mol. The van der Waals surface area contributed by atoms with E-state index in [1.165, 1.54) is 24.2 Å². The Morgan fingerprint density at radius 2 is 1.79 bits per heavy atom. The largest absolute Gasteiger partial charge is 0.459 e. The van der Waals surface area contributed by atoms with Gasteiger partial charge < -0.3 is 14.2 Å². The van der Waals surface area contributed by atoms with Gasteiger partial charge in [0.15, 0.2) is 11.5 Å². The highest BCUT2D eigenvalue weighted by Crippen LogP contribution is 2.16. The minimum Gasteiger partial charge on any atom is -0.459 e. The maximum Gasteiger partial charge on any atom is 0.333 e. The third-order valence-electron chi connectivity index (χ3n) is 3.91. The first-order valence-corrected chi connectivity index (χ1v) is 7.43. The molecule has 1 aliphatic rings. The van der Waals surface area contributed by atoms with Crippen molar-refractivity contribution >= 4 is 11.8 Å². The quantitative estimate of drug-likeness (QED) is 0.855. The summed E-state index contributed by atoms with van der Waals surface area (Å²) in [5.41, 5.74) is 0.207. The molecule has 3 rings (SSSR count). The predicted octanol–water partition coefficient (Wildman–Crippen LogP) is 1.78. The van der Waals surface area contributed by atoms with Crippen molar-refractivity contribution in [2.75, 3.05) is 26.2 Å². The molecule has 0 N–H and O–H groups in total. The minimum absolute atomic E-state index is 0.0152. The van der Waals surface area contributed by atoms with Crippen molar-refractivity contribution in [2.24, 2.45) is 0 Å². The van der Waals surface area contributed by atoms with Crippen LogP contribution < -0.4 is 0 Å². The van der Waals surface area contributed by atoms with E-state index in [0.717, 1.165) is 0 Å². The first-order valence-electron chi connectivity index (χ1n) is 7.43. The van der Waals surface area contributed by atoms with Gasteiger partial charge in [0.05, 0.1) is 6.26 Å². The topological polar surface area (TPSA) is 71.6 Å². The molecule has 7 nitrogen and oxygen atoms in total. The highest BCUT2D eigenvalue weighted by molar-refractivity contribution is 5.93. The number of hydrogen-bond donors (Lipinski definition) is 0. The summed E-state index contributed by atoms with van der Waals surface area (Å²) in [7, 11) is 0. The molecule has 1 saturated heterocycles. The molecule has 2 aromatic rings. The summed E-state index contributed by atoms with van der Waals surface area (Å²) < 4.78 is 31.1. The van der Waals surface area contributed by atoms with Crippen molar-refractivity contribution in [1.29, 1.82) is 0 Å². The van der Waals surface area contributed by atoms with Crippen molar-refractivity contribution in [2.45, 2.75) is 13.5 Å². The molecule has 0 aliphatic carbocycles. The van der Waals surface area contributed by atoms with Crippen LogP contribution in [0.25, 0.3) is 0 Å². The van der Waals surface area contributed by atoms with Gasteiger partial charge in [0.2, 0.25) is 0 Å². The van der Waals surface area contributed by atoms with Gasteiger partial charge in [-0.1, -0.05) is 0 Å². The number of carbonyl (C=O) groups excluding carboxylic acids is 2. The lowest BCUT2D eigenvalue weighted by Gasteiger charge is -2.33. The number of alkyl halides is 2. The molecule has 1 fully saturated rings. The summed E-state index contributed by atoms with van der Waals surface area (Å²) in [6, 6.07) is 4.56. The zero-order chi connectivity index (χ0) is 17.3. The molecular weight excluding hydrogens is 322 g/mol. The Balaban J connectivity index is 1.63. The summed E-state index contributed by atoms with van der Waals surface area (Å²) in [6.45, 7) is 0.00194. The van der Waals surface area contributed by atoms with Crippen LogP contribution in [0.2, 0.25) is 0 Å². The Kier molecular flexibility index (Phi) is 4.32. The number of piperazine rings is 1. The molecule has 0 bridgehead atoms. The molecule has 128 valence electrons. The highest BCUT2D eigenvalue weighted by Gasteiger charge is 2.28. The van der Waals surface area contributed by atoms with Crippen molar-refractivity contribution in [1.82, 2.24) is 19.6 Å². The molecule has 2 aromatic heterocycles. The maximum absolute atomic E-state index is 12.7. The summed E-state index contributed by atoms with van der Waals surface area (Å²) in [6.07, 6.45) is 1.43. The summed E-state index contributed by atoms with van der Waals surface area (Å²) in [5.74, 6) is -0.395. The van der Waals surface area contributed by atoms with Gasteiger partial charge in [0, 0.05) is 31.9 Å². The lowest BCUT2D eigenvalue weighted by atomic mass is 10.2. The number of carbonyl (C=O) groups is 2. The minimum atomic E-state index is -2.78. The molecule has 9 heteroatoms. The van der Waals surface area contributed by atoms with Gasteiger partial charge in [-0.15, -0.1) is 0 Å². The number of furan rings is 1. The van der Waals surface area contributed by atoms with Gasteiger partial charge in [-0.05, 0) is 25.1 Å². The van der Waals surface area contributed by atoms with Crippen LogP contribution in [0.15, 0.2) is 28.9 Å².